The van der Waals surface area contributed by atoms with Crippen LogP contribution >= 0.6 is 27.0 Å². The zero-order chi connectivity index (χ0) is 23.5. The van der Waals surface area contributed by atoms with Gasteiger partial charge in [0, 0.05) is 24.6 Å². The van der Waals surface area contributed by atoms with Gasteiger partial charge in [-0.15, -0.1) is 0 Å². The van der Waals surface area contributed by atoms with Crippen LogP contribution in [-0.2, 0) is 32.7 Å². The van der Waals surface area contributed by atoms with Crippen LogP contribution in [0.25, 0.3) is 0 Å². The predicted molar refractivity (Wildman–Crippen MR) is 111 cm³/mol. The molecule has 0 amide bonds. The van der Waals surface area contributed by atoms with Gasteiger partial charge in [0.05, 0.1) is 10.8 Å². The number of hydrogen-bond donors (Lipinski definition) is 3. The van der Waals surface area contributed by atoms with Gasteiger partial charge < -0.3 is 24.2 Å². The maximum Gasteiger partial charge on any atom is 0.372 e. The summed E-state index contributed by atoms with van der Waals surface area (Å²) in [5, 5.41) is 0. The average Bonchev–Trinajstić information content (AvgIpc) is 2.51. The molecule has 0 saturated carbocycles. The molecule has 1 heterocycles. The largest absolute Gasteiger partial charge is 0.400 e. The Labute approximate surface area is 180 Å². The molecule has 1 rings (SSSR count). The molecule has 1 aliphatic rings. The van der Waals surface area contributed by atoms with E-state index in [4.69, 9.17) is 14.0 Å². The molecule has 0 aromatic carbocycles. The summed E-state index contributed by atoms with van der Waals surface area (Å²) < 4.78 is 39.8. The van der Waals surface area contributed by atoms with Crippen LogP contribution in [-0.4, -0.2) is 68.1 Å². The summed E-state index contributed by atoms with van der Waals surface area (Å²) in [5.74, 6) is -0.816. The van der Waals surface area contributed by atoms with Gasteiger partial charge in [0.25, 0.3) is 0 Å². The first-order chi connectivity index (χ1) is 13.4. The molecular formula is C16H31NO10P2S. The molecule has 2 atom stereocenters. The number of hydrogen-bond acceptors (Lipinski definition) is 9. The van der Waals surface area contributed by atoms with Gasteiger partial charge >= 0.3 is 33.6 Å². The van der Waals surface area contributed by atoms with Crippen LogP contribution in [0.4, 0.5) is 0 Å². The molecule has 1 aliphatic heterocycles. The SMILES string of the molecule is CC(C)(C)C(=O)OC(OC(=O)C(C)(C)C)OP(=O)(O)C(N1CCSCC1)P(=O)(O)O. The van der Waals surface area contributed by atoms with Crippen molar-refractivity contribution in [1.29, 1.82) is 0 Å². The number of rotatable bonds is 7. The molecule has 1 saturated heterocycles. The molecule has 14 heteroatoms. The fourth-order valence-electron chi connectivity index (χ4n) is 2.19. The highest BCUT2D eigenvalue weighted by molar-refractivity contribution is 7.99. The topological polar surface area (TPSA) is 160 Å². The minimum Gasteiger partial charge on any atom is -0.400 e. The highest BCUT2D eigenvalue weighted by atomic mass is 32.2. The van der Waals surface area contributed by atoms with Crippen molar-refractivity contribution in [2.75, 3.05) is 24.6 Å². The molecule has 0 aromatic rings. The van der Waals surface area contributed by atoms with Crippen LogP contribution in [0.5, 0.6) is 0 Å². The number of carbonyl (C=O) groups excluding carboxylic acids is 2. The molecule has 0 bridgehead atoms. The van der Waals surface area contributed by atoms with Gasteiger partial charge in [-0.25, -0.2) is 4.52 Å². The third-order valence-electron chi connectivity index (χ3n) is 3.83. The second-order valence-electron chi connectivity index (χ2n) is 8.85. The lowest BCUT2D eigenvalue weighted by Crippen LogP contribution is -2.42. The Kier molecular flexibility index (Phi) is 9.19. The number of thioether (sulfide) groups is 1. The quantitative estimate of drug-likeness (QED) is 0.271. The van der Waals surface area contributed by atoms with E-state index in [1.807, 2.05) is 0 Å². The molecule has 0 radical (unpaired) electrons. The summed E-state index contributed by atoms with van der Waals surface area (Å²) >= 11 is 1.53. The summed E-state index contributed by atoms with van der Waals surface area (Å²) in [4.78, 5) is 55.6. The molecule has 176 valence electrons. The Hall–Kier alpha value is -0.450. The van der Waals surface area contributed by atoms with Gasteiger partial charge in [-0.3, -0.25) is 23.6 Å². The van der Waals surface area contributed by atoms with Gasteiger partial charge in [0.2, 0.25) is 5.52 Å². The van der Waals surface area contributed by atoms with Crippen LogP contribution in [0, 0.1) is 10.8 Å². The third-order valence-corrected chi connectivity index (χ3v) is 8.87. The number of carbonyl (C=O) groups is 2. The Morgan fingerprint density at radius 3 is 1.63 bits per heavy atom. The van der Waals surface area contributed by atoms with E-state index in [2.05, 4.69) is 0 Å². The third kappa shape index (κ3) is 8.24. The van der Waals surface area contributed by atoms with Crippen molar-refractivity contribution in [2.45, 2.75) is 53.5 Å². The van der Waals surface area contributed by atoms with Crippen LogP contribution < -0.4 is 0 Å². The Morgan fingerprint density at radius 2 is 1.30 bits per heavy atom. The van der Waals surface area contributed by atoms with Crippen molar-refractivity contribution in [2.24, 2.45) is 10.8 Å². The summed E-state index contributed by atoms with van der Waals surface area (Å²) in [6.45, 7) is 7.03. The minimum absolute atomic E-state index is 0.141. The van der Waals surface area contributed by atoms with E-state index in [0.29, 0.717) is 11.5 Å². The maximum atomic E-state index is 12.9. The highest BCUT2D eigenvalue weighted by Crippen LogP contribution is 2.64. The molecular weight excluding hydrogens is 460 g/mol. The lowest BCUT2D eigenvalue weighted by Gasteiger charge is -2.36. The monoisotopic (exact) mass is 491 g/mol. The van der Waals surface area contributed by atoms with Gasteiger partial charge in [0.1, 0.15) is 0 Å². The zero-order valence-corrected chi connectivity index (χ0v) is 20.5. The van der Waals surface area contributed by atoms with E-state index < -0.39 is 50.0 Å². The molecule has 1 fully saturated rings. The summed E-state index contributed by atoms with van der Waals surface area (Å²) in [5.41, 5.74) is -4.32. The number of nitrogens with zero attached hydrogens (tertiary/aromatic N) is 1. The fraction of sp³-hybridized carbons (Fsp3) is 0.875. The first kappa shape index (κ1) is 27.6. The van der Waals surface area contributed by atoms with Crippen LogP contribution in [0.1, 0.15) is 41.5 Å². The summed E-state index contributed by atoms with van der Waals surface area (Å²) in [6.07, 6.45) is 0. The minimum atomic E-state index is -5.17. The number of ether oxygens (including phenoxy) is 2. The normalized spacial score (nSPS) is 19.8. The molecule has 30 heavy (non-hydrogen) atoms. The van der Waals surface area contributed by atoms with Gasteiger partial charge in [-0.1, -0.05) is 0 Å². The lowest BCUT2D eigenvalue weighted by molar-refractivity contribution is -0.246. The molecule has 3 N–H and O–H groups in total. The smallest absolute Gasteiger partial charge is 0.372 e. The van der Waals surface area contributed by atoms with Crippen molar-refractivity contribution in [3.05, 3.63) is 0 Å². The van der Waals surface area contributed by atoms with Gasteiger partial charge in [-0.2, -0.15) is 11.8 Å². The number of esters is 2. The van der Waals surface area contributed by atoms with Crippen molar-refractivity contribution in [3.63, 3.8) is 0 Å². The molecule has 0 spiro atoms. The first-order valence-electron chi connectivity index (χ1n) is 9.16. The van der Waals surface area contributed by atoms with E-state index in [9.17, 15) is 33.4 Å². The van der Waals surface area contributed by atoms with Crippen LogP contribution in [0.2, 0.25) is 0 Å². The maximum absolute atomic E-state index is 12.9. The Balaban J connectivity index is 3.21. The standard InChI is InChI=1S/C16H31NO10P2S/c1-15(2,3)11(18)25-14(26-12(19)16(4,5)6)27-29(23,24)13(28(20,21)22)17-7-9-30-10-8-17/h13-14H,7-10H2,1-6H3,(H,23,24)(H2,20,21,22). The van der Waals surface area contributed by atoms with E-state index in [-0.39, 0.29) is 13.1 Å². The van der Waals surface area contributed by atoms with Crippen molar-refractivity contribution in [1.82, 2.24) is 4.90 Å². The van der Waals surface area contributed by atoms with Gasteiger partial charge in [0.15, 0.2) is 0 Å². The van der Waals surface area contributed by atoms with E-state index in [1.165, 1.54) is 53.3 Å². The van der Waals surface area contributed by atoms with E-state index in [1.54, 1.807) is 0 Å². The zero-order valence-electron chi connectivity index (χ0n) is 17.9. The molecule has 11 nitrogen and oxygen atoms in total. The van der Waals surface area contributed by atoms with E-state index >= 15 is 0 Å². The molecule has 0 aromatic heterocycles. The summed E-state index contributed by atoms with van der Waals surface area (Å²) in [6, 6.07) is 0. The summed E-state index contributed by atoms with van der Waals surface area (Å²) in [7, 11) is -10.3. The second kappa shape index (κ2) is 10.0. The molecule has 0 aliphatic carbocycles. The van der Waals surface area contributed by atoms with Gasteiger partial charge in [-0.05, 0) is 41.5 Å². The van der Waals surface area contributed by atoms with Crippen molar-refractivity contribution < 1.29 is 47.4 Å². The average molecular weight is 491 g/mol. The first-order valence-corrected chi connectivity index (χ1v) is 13.6. The van der Waals surface area contributed by atoms with E-state index in [0.717, 1.165) is 4.90 Å². The lowest BCUT2D eigenvalue weighted by atomic mass is 9.97. The fourth-order valence-corrected chi connectivity index (χ4v) is 6.55. The van der Waals surface area contributed by atoms with Crippen molar-refractivity contribution >= 4 is 38.9 Å². The highest BCUT2D eigenvalue weighted by Gasteiger charge is 2.52. The van der Waals surface area contributed by atoms with Crippen LogP contribution in [0.3, 0.4) is 0 Å². The molecule has 2 unspecified atom stereocenters. The van der Waals surface area contributed by atoms with Crippen LogP contribution in [0.15, 0.2) is 0 Å². The Morgan fingerprint density at radius 1 is 0.900 bits per heavy atom. The second-order valence-corrected chi connectivity index (χ2v) is 14.0. The van der Waals surface area contributed by atoms with Crippen molar-refractivity contribution in [3.8, 4) is 0 Å². The predicted octanol–water partition coefficient (Wildman–Crippen LogP) is 2.16. The Bertz CT molecular complexity index is 693.